The molecule has 0 spiro atoms. The van der Waals surface area contributed by atoms with Gasteiger partial charge < -0.3 is 4.98 Å². The lowest BCUT2D eigenvalue weighted by atomic mass is 9.49. The first-order valence-corrected chi connectivity index (χ1v) is 7.76. The van der Waals surface area contributed by atoms with Gasteiger partial charge in [-0.3, -0.25) is 0 Å². The van der Waals surface area contributed by atoms with Crippen molar-refractivity contribution in [2.45, 2.75) is 43.9 Å². The van der Waals surface area contributed by atoms with Crippen molar-refractivity contribution in [3.8, 4) is 0 Å². The fraction of sp³-hybridized carbons (Fsp3) is 0.588. The van der Waals surface area contributed by atoms with Crippen molar-refractivity contribution in [3.05, 3.63) is 30.1 Å². The highest BCUT2D eigenvalue weighted by atomic mass is 14.9. The van der Waals surface area contributed by atoms with Gasteiger partial charge in [-0.15, -0.1) is 0 Å². The number of nitrogens with one attached hydrogen (secondary N) is 1. The number of hydrogen-bond acceptors (Lipinski definition) is 1. The van der Waals surface area contributed by atoms with Crippen LogP contribution in [0.25, 0.3) is 11.0 Å². The number of hydrogen-bond donors (Lipinski definition) is 1. The summed E-state index contributed by atoms with van der Waals surface area (Å²) in [7, 11) is 0. The van der Waals surface area contributed by atoms with Crippen LogP contribution in [-0.4, -0.2) is 9.97 Å². The van der Waals surface area contributed by atoms with Crippen LogP contribution in [0.3, 0.4) is 0 Å². The predicted octanol–water partition coefficient (Wildman–Crippen LogP) is 4.03. The Labute approximate surface area is 113 Å². The van der Waals surface area contributed by atoms with Crippen LogP contribution < -0.4 is 0 Å². The van der Waals surface area contributed by atoms with Crippen LogP contribution in [0.2, 0.25) is 0 Å². The van der Waals surface area contributed by atoms with E-state index >= 15 is 0 Å². The van der Waals surface area contributed by atoms with Crippen molar-refractivity contribution in [2.75, 3.05) is 0 Å². The summed E-state index contributed by atoms with van der Waals surface area (Å²) < 4.78 is 0. The quantitative estimate of drug-likeness (QED) is 0.815. The Balaban J connectivity index is 1.64. The Kier molecular flexibility index (Phi) is 1.88. The normalized spacial score (nSPS) is 40.1. The van der Waals surface area contributed by atoms with Crippen LogP contribution in [0.4, 0.5) is 0 Å². The summed E-state index contributed by atoms with van der Waals surface area (Å²) in [6.45, 7) is 0. The Morgan fingerprint density at radius 1 is 0.947 bits per heavy atom. The highest BCUT2D eigenvalue weighted by Crippen LogP contribution is 2.60. The van der Waals surface area contributed by atoms with E-state index in [1.54, 1.807) is 0 Å². The first kappa shape index (κ1) is 10.5. The largest absolute Gasteiger partial charge is 0.342 e. The first-order valence-electron chi connectivity index (χ1n) is 7.76. The molecule has 0 saturated heterocycles. The predicted molar refractivity (Wildman–Crippen MR) is 75.9 cm³/mol. The summed E-state index contributed by atoms with van der Waals surface area (Å²) >= 11 is 0. The zero-order valence-corrected chi connectivity index (χ0v) is 11.2. The van der Waals surface area contributed by atoms with Crippen molar-refractivity contribution >= 4 is 11.0 Å². The van der Waals surface area contributed by atoms with E-state index in [9.17, 15) is 0 Å². The zero-order valence-electron chi connectivity index (χ0n) is 11.2. The van der Waals surface area contributed by atoms with Crippen LogP contribution in [0.1, 0.15) is 44.3 Å². The lowest BCUT2D eigenvalue weighted by molar-refractivity contribution is -0.00886. The van der Waals surface area contributed by atoms with Crippen LogP contribution in [-0.2, 0) is 5.41 Å². The highest BCUT2D eigenvalue weighted by Gasteiger charge is 2.52. The molecule has 4 saturated carbocycles. The Hall–Kier alpha value is -1.31. The van der Waals surface area contributed by atoms with E-state index in [0.717, 1.165) is 23.3 Å². The molecular weight excluding hydrogens is 232 g/mol. The third kappa shape index (κ3) is 1.40. The van der Waals surface area contributed by atoms with Gasteiger partial charge in [0.2, 0.25) is 0 Å². The molecule has 0 unspecified atom stereocenters. The Morgan fingerprint density at radius 2 is 1.58 bits per heavy atom. The van der Waals surface area contributed by atoms with Crippen molar-refractivity contribution in [3.63, 3.8) is 0 Å². The molecule has 1 aromatic heterocycles. The summed E-state index contributed by atoms with van der Waals surface area (Å²) in [6.07, 6.45) is 8.66. The molecule has 4 aliphatic rings. The van der Waals surface area contributed by atoms with Crippen LogP contribution >= 0.6 is 0 Å². The molecule has 0 atom stereocenters. The second-order valence-electron chi connectivity index (χ2n) is 7.30. The van der Waals surface area contributed by atoms with Gasteiger partial charge in [-0.2, -0.15) is 0 Å². The third-order valence-electron chi connectivity index (χ3n) is 5.93. The van der Waals surface area contributed by atoms with Crippen molar-refractivity contribution < 1.29 is 0 Å². The van der Waals surface area contributed by atoms with E-state index in [4.69, 9.17) is 4.98 Å². The molecule has 98 valence electrons. The number of para-hydroxylation sites is 2. The minimum atomic E-state index is 0.397. The fourth-order valence-corrected chi connectivity index (χ4v) is 5.60. The van der Waals surface area contributed by atoms with Gasteiger partial charge in [0.05, 0.1) is 11.0 Å². The molecule has 4 fully saturated rings. The van der Waals surface area contributed by atoms with E-state index in [-0.39, 0.29) is 0 Å². The number of benzene rings is 1. The molecular formula is C17H20N2. The average molecular weight is 252 g/mol. The Morgan fingerprint density at radius 3 is 2.21 bits per heavy atom. The van der Waals surface area contributed by atoms with Gasteiger partial charge in [0.15, 0.2) is 0 Å². The van der Waals surface area contributed by atoms with Gasteiger partial charge in [0.25, 0.3) is 0 Å². The molecule has 4 bridgehead atoms. The monoisotopic (exact) mass is 252 g/mol. The number of aromatic nitrogens is 2. The first-order chi connectivity index (χ1) is 9.31. The summed E-state index contributed by atoms with van der Waals surface area (Å²) in [5.41, 5.74) is 2.76. The van der Waals surface area contributed by atoms with Gasteiger partial charge in [-0.25, -0.2) is 4.98 Å². The summed E-state index contributed by atoms with van der Waals surface area (Å²) in [4.78, 5) is 8.59. The smallest absolute Gasteiger partial charge is 0.113 e. The summed E-state index contributed by atoms with van der Waals surface area (Å²) in [5.74, 6) is 4.26. The standard InChI is InChI=1S/C17H20N2/c1-2-4-15-14(3-1)18-16(19-15)17-8-11-5-12(9-17)7-13(6-11)10-17/h1-4,11-13H,5-10H2,(H,18,19). The summed E-state index contributed by atoms with van der Waals surface area (Å²) in [5, 5.41) is 0. The molecule has 1 heterocycles. The van der Waals surface area contributed by atoms with E-state index in [0.29, 0.717) is 5.41 Å². The molecule has 2 aromatic rings. The van der Waals surface area contributed by atoms with Gasteiger partial charge in [-0.1, -0.05) is 12.1 Å². The third-order valence-corrected chi connectivity index (χ3v) is 5.93. The molecule has 1 N–H and O–H groups in total. The van der Waals surface area contributed by atoms with Crippen molar-refractivity contribution in [2.24, 2.45) is 17.8 Å². The summed E-state index contributed by atoms with van der Waals surface area (Å²) in [6, 6.07) is 8.48. The van der Waals surface area contributed by atoms with E-state index in [1.165, 1.54) is 49.9 Å². The molecule has 19 heavy (non-hydrogen) atoms. The second kappa shape index (κ2) is 3.41. The van der Waals surface area contributed by atoms with Crippen LogP contribution in [0, 0.1) is 17.8 Å². The number of fused-ring (bicyclic) bond motifs is 1. The van der Waals surface area contributed by atoms with E-state index < -0.39 is 0 Å². The van der Waals surface area contributed by atoms with E-state index in [2.05, 4.69) is 29.2 Å². The minimum absolute atomic E-state index is 0.397. The van der Waals surface area contributed by atoms with Crippen molar-refractivity contribution in [1.82, 2.24) is 9.97 Å². The minimum Gasteiger partial charge on any atom is -0.342 e. The lowest BCUT2D eigenvalue weighted by Gasteiger charge is -2.55. The maximum absolute atomic E-state index is 4.95. The topological polar surface area (TPSA) is 28.7 Å². The van der Waals surface area contributed by atoms with E-state index in [1.807, 2.05) is 0 Å². The second-order valence-corrected chi connectivity index (χ2v) is 7.30. The fourth-order valence-electron chi connectivity index (χ4n) is 5.60. The van der Waals surface area contributed by atoms with Gasteiger partial charge in [0, 0.05) is 5.41 Å². The maximum atomic E-state index is 4.95. The van der Waals surface area contributed by atoms with Crippen LogP contribution in [0.5, 0.6) is 0 Å². The number of nitrogens with zero attached hydrogens (tertiary/aromatic N) is 1. The number of imidazole rings is 1. The molecule has 2 nitrogen and oxygen atoms in total. The van der Waals surface area contributed by atoms with Crippen molar-refractivity contribution in [1.29, 1.82) is 0 Å². The Bertz CT molecular complexity index is 571. The molecule has 4 aliphatic carbocycles. The van der Waals surface area contributed by atoms with Crippen LogP contribution in [0.15, 0.2) is 24.3 Å². The zero-order chi connectivity index (χ0) is 12.4. The molecule has 1 aromatic carbocycles. The number of aromatic amines is 1. The molecule has 0 radical (unpaired) electrons. The molecule has 2 heteroatoms. The molecule has 6 rings (SSSR count). The van der Waals surface area contributed by atoms with Gasteiger partial charge in [-0.05, 0) is 68.4 Å². The molecule has 0 amide bonds. The number of H-pyrrole nitrogens is 1. The van der Waals surface area contributed by atoms with Gasteiger partial charge >= 0.3 is 0 Å². The lowest BCUT2D eigenvalue weighted by Crippen LogP contribution is -2.49. The average Bonchev–Trinajstić information content (AvgIpc) is 2.81. The van der Waals surface area contributed by atoms with Gasteiger partial charge in [0.1, 0.15) is 5.82 Å². The molecule has 0 aliphatic heterocycles. The number of rotatable bonds is 1. The SMILES string of the molecule is c1ccc2[nH]c(C34CC5CC(CC(C5)C3)C4)nc2c1. The maximum Gasteiger partial charge on any atom is 0.113 e. The highest BCUT2D eigenvalue weighted by molar-refractivity contribution is 5.75.